The van der Waals surface area contributed by atoms with E-state index in [0.29, 0.717) is 6.54 Å². The standard InChI is InChI=1S/C18H21N3O2/c1-22-16-7-3-5-13(9-16)18-10-14(12-19)20-21(18)15-6-4-8-17(11-15)23-2/h3-9,11,18H,10,12,19H2,1-2H3. The van der Waals surface area contributed by atoms with Gasteiger partial charge in [0, 0.05) is 19.0 Å². The Morgan fingerprint density at radius 3 is 2.48 bits per heavy atom. The van der Waals surface area contributed by atoms with E-state index in [4.69, 9.17) is 20.3 Å². The molecular weight excluding hydrogens is 290 g/mol. The van der Waals surface area contributed by atoms with Crippen molar-refractivity contribution in [3.63, 3.8) is 0 Å². The molecule has 5 heteroatoms. The molecule has 0 saturated carbocycles. The van der Waals surface area contributed by atoms with Crippen LogP contribution in [0.25, 0.3) is 0 Å². The molecule has 1 atom stereocenters. The van der Waals surface area contributed by atoms with Crippen LogP contribution in [0.3, 0.4) is 0 Å². The Kier molecular flexibility index (Phi) is 4.48. The fourth-order valence-corrected chi connectivity index (χ4v) is 2.80. The molecule has 120 valence electrons. The lowest BCUT2D eigenvalue weighted by atomic mass is 10.0. The molecule has 0 bridgehead atoms. The first-order valence-corrected chi connectivity index (χ1v) is 7.59. The van der Waals surface area contributed by atoms with Gasteiger partial charge in [-0.3, -0.25) is 5.01 Å². The smallest absolute Gasteiger partial charge is 0.120 e. The molecule has 2 N–H and O–H groups in total. The summed E-state index contributed by atoms with van der Waals surface area (Å²) in [5.74, 6) is 1.65. The van der Waals surface area contributed by atoms with E-state index in [1.807, 2.05) is 47.5 Å². The average Bonchev–Trinajstić information content (AvgIpc) is 3.06. The second-order valence-corrected chi connectivity index (χ2v) is 5.41. The Balaban J connectivity index is 1.98. The highest BCUT2D eigenvalue weighted by Crippen LogP contribution is 2.37. The monoisotopic (exact) mass is 311 g/mol. The average molecular weight is 311 g/mol. The number of nitrogens with two attached hydrogens (primary N) is 1. The highest BCUT2D eigenvalue weighted by molar-refractivity contribution is 5.90. The number of methoxy groups -OCH3 is 2. The van der Waals surface area contributed by atoms with Crippen LogP contribution in [0, 0.1) is 0 Å². The summed E-state index contributed by atoms with van der Waals surface area (Å²) in [6, 6.07) is 16.1. The van der Waals surface area contributed by atoms with Crippen LogP contribution in [0.1, 0.15) is 18.0 Å². The van der Waals surface area contributed by atoms with Crippen LogP contribution < -0.4 is 20.2 Å². The number of hydrazone groups is 1. The van der Waals surface area contributed by atoms with Crippen molar-refractivity contribution in [1.29, 1.82) is 0 Å². The Hall–Kier alpha value is -2.53. The van der Waals surface area contributed by atoms with Crippen molar-refractivity contribution in [1.82, 2.24) is 0 Å². The first-order valence-electron chi connectivity index (χ1n) is 7.59. The minimum absolute atomic E-state index is 0.107. The number of anilines is 1. The molecule has 1 aliphatic rings. The molecule has 0 aromatic heterocycles. The van der Waals surface area contributed by atoms with Crippen LogP contribution in [0.5, 0.6) is 11.5 Å². The van der Waals surface area contributed by atoms with E-state index in [1.54, 1.807) is 14.2 Å². The van der Waals surface area contributed by atoms with Crippen LogP contribution in [0.15, 0.2) is 53.6 Å². The highest BCUT2D eigenvalue weighted by Gasteiger charge is 2.29. The van der Waals surface area contributed by atoms with E-state index >= 15 is 0 Å². The minimum atomic E-state index is 0.107. The van der Waals surface area contributed by atoms with Gasteiger partial charge in [0.05, 0.1) is 31.7 Å². The van der Waals surface area contributed by atoms with Crippen molar-refractivity contribution in [3.8, 4) is 11.5 Å². The van der Waals surface area contributed by atoms with Crippen LogP contribution in [-0.4, -0.2) is 26.5 Å². The van der Waals surface area contributed by atoms with E-state index in [2.05, 4.69) is 6.07 Å². The SMILES string of the molecule is COc1cccc(C2CC(CN)=NN2c2cccc(OC)c2)c1. The molecule has 23 heavy (non-hydrogen) atoms. The van der Waals surface area contributed by atoms with Crippen molar-refractivity contribution in [3.05, 3.63) is 54.1 Å². The van der Waals surface area contributed by atoms with Gasteiger partial charge >= 0.3 is 0 Å². The maximum Gasteiger partial charge on any atom is 0.120 e. The molecule has 0 radical (unpaired) electrons. The summed E-state index contributed by atoms with van der Waals surface area (Å²) in [6.07, 6.45) is 0.806. The summed E-state index contributed by atoms with van der Waals surface area (Å²) < 4.78 is 10.7. The van der Waals surface area contributed by atoms with Gasteiger partial charge < -0.3 is 15.2 Å². The van der Waals surface area contributed by atoms with Crippen LogP contribution >= 0.6 is 0 Å². The van der Waals surface area contributed by atoms with Crippen LogP contribution in [-0.2, 0) is 0 Å². The zero-order chi connectivity index (χ0) is 16.2. The van der Waals surface area contributed by atoms with Gasteiger partial charge in [0.2, 0.25) is 0 Å². The number of hydrogen-bond donors (Lipinski definition) is 1. The van der Waals surface area contributed by atoms with Gasteiger partial charge in [-0.15, -0.1) is 0 Å². The van der Waals surface area contributed by atoms with E-state index in [1.165, 1.54) is 0 Å². The molecule has 2 aromatic carbocycles. The summed E-state index contributed by atoms with van der Waals surface area (Å²) >= 11 is 0. The normalized spacial score (nSPS) is 17.1. The van der Waals surface area contributed by atoms with Crippen LogP contribution in [0.4, 0.5) is 5.69 Å². The summed E-state index contributed by atoms with van der Waals surface area (Å²) in [5, 5.41) is 6.71. The highest BCUT2D eigenvalue weighted by atomic mass is 16.5. The summed E-state index contributed by atoms with van der Waals surface area (Å²) in [7, 11) is 3.34. The zero-order valence-electron chi connectivity index (χ0n) is 13.4. The van der Waals surface area contributed by atoms with Crippen molar-refractivity contribution in [2.45, 2.75) is 12.5 Å². The van der Waals surface area contributed by atoms with Gasteiger partial charge in [-0.1, -0.05) is 18.2 Å². The molecule has 1 unspecified atom stereocenters. The first-order chi connectivity index (χ1) is 11.2. The third-order valence-electron chi connectivity index (χ3n) is 4.01. The maximum absolute atomic E-state index is 5.82. The third kappa shape index (κ3) is 3.14. The van der Waals surface area contributed by atoms with Crippen molar-refractivity contribution in [2.75, 3.05) is 25.8 Å². The molecular formula is C18H21N3O2. The second kappa shape index (κ2) is 6.71. The maximum atomic E-state index is 5.82. The van der Waals surface area contributed by atoms with Crippen molar-refractivity contribution >= 4 is 11.4 Å². The van der Waals surface area contributed by atoms with E-state index in [-0.39, 0.29) is 6.04 Å². The summed E-state index contributed by atoms with van der Waals surface area (Å²) in [5.41, 5.74) is 8.95. The Morgan fingerprint density at radius 1 is 1.09 bits per heavy atom. The first kappa shape index (κ1) is 15.4. The van der Waals surface area contributed by atoms with Crippen molar-refractivity contribution in [2.24, 2.45) is 10.8 Å². The minimum Gasteiger partial charge on any atom is -0.497 e. The van der Waals surface area contributed by atoms with Gasteiger partial charge in [-0.2, -0.15) is 5.10 Å². The zero-order valence-corrected chi connectivity index (χ0v) is 13.4. The number of benzene rings is 2. The van der Waals surface area contributed by atoms with Crippen molar-refractivity contribution < 1.29 is 9.47 Å². The third-order valence-corrected chi connectivity index (χ3v) is 4.01. The van der Waals surface area contributed by atoms with Gasteiger partial charge in [-0.25, -0.2) is 0 Å². The predicted octanol–water partition coefficient (Wildman–Crippen LogP) is 2.97. The lowest BCUT2D eigenvalue weighted by Gasteiger charge is -2.24. The predicted molar refractivity (Wildman–Crippen MR) is 92.3 cm³/mol. The number of ether oxygens (including phenoxy) is 2. The fraction of sp³-hybridized carbons (Fsp3) is 0.278. The lowest BCUT2D eigenvalue weighted by Crippen LogP contribution is -2.18. The Bertz CT molecular complexity index is 715. The molecule has 0 amide bonds. The Labute approximate surface area is 136 Å². The molecule has 1 aliphatic heterocycles. The quantitative estimate of drug-likeness (QED) is 0.922. The van der Waals surface area contributed by atoms with Crippen LogP contribution in [0.2, 0.25) is 0 Å². The molecule has 0 saturated heterocycles. The topological polar surface area (TPSA) is 60.1 Å². The number of nitrogens with zero attached hydrogens (tertiary/aromatic N) is 2. The fourth-order valence-electron chi connectivity index (χ4n) is 2.80. The van der Waals surface area contributed by atoms with Gasteiger partial charge in [0.25, 0.3) is 0 Å². The molecule has 0 fully saturated rings. The summed E-state index contributed by atoms with van der Waals surface area (Å²) in [6.45, 7) is 0.459. The van der Waals surface area contributed by atoms with E-state index < -0.39 is 0 Å². The molecule has 5 nitrogen and oxygen atoms in total. The van der Waals surface area contributed by atoms with E-state index in [9.17, 15) is 0 Å². The molecule has 3 rings (SSSR count). The van der Waals surface area contributed by atoms with Gasteiger partial charge in [-0.05, 0) is 29.8 Å². The largest absolute Gasteiger partial charge is 0.497 e. The van der Waals surface area contributed by atoms with E-state index in [0.717, 1.165) is 34.9 Å². The summed E-state index contributed by atoms with van der Waals surface area (Å²) in [4.78, 5) is 0. The number of rotatable bonds is 5. The Morgan fingerprint density at radius 2 is 1.78 bits per heavy atom. The molecule has 0 aliphatic carbocycles. The number of hydrogen-bond acceptors (Lipinski definition) is 5. The molecule has 2 aromatic rings. The lowest BCUT2D eigenvalue weighted by molar-refractivity contribution is 0.413. The molecule has 1 heterocycles. The second-order valence-electron chi connectivity index (χ2n) is 5.41. The van der Waals surface area contributed by atoms with Gasteiger partial charge in [0.1, 0.15) is 11.5 Å². The molecule has 0 spiro atoms. The van der Waals surface area contributed by atoms with Gasteiger partial charge in [0.15, 0.2) is 0 Å².